The molecule has 0 aliphatic carbocycles. The predicted octanol–water partition coefficient (Wildman–Crippen LogP) is 4.24. The third-order valence-electron chi connectivity index (χ3n) is 3.53. The average Bonchev–Trinajstić information content (AvgIpc) is 2.55. The number of hydrogen-bond acceptors (Lipinski definition) is 4. The van der Waals surface area contributed by atoms with Crippen molar-refractivity contribution in [1.29, 1.82) is 0 Å². The molecule has 0 saturated heterocycles. The van der Waals surface area contributed by atoms with Gasteiger partial charge in [-0.1, -0.05) is 30.3 Å². The van der Waals surface area contributed by atoms with Crippen molar-refractivity contribution in [2.45, 2.75) is 18.2 Å². The molecule has 0 radical (unpaired) electrons. The van der Waals surface area contributed by atoms with Crippen LogP contribution in [0.25, 0.3) is 10.9 Å². The molecule has 1 heterocycles. The largest absolute Gasteiger partial charge is 0.573 e. The molecule has 1 N–H and O–H groups in total. The van der Waals surface area contributed by atoms with E-state index in [1.54, 1.807) is 30.3 Å². The number of halogens is 3. The Kier molecular flexibility index (Phi) is 4.49. The molecule has 2 aromatic carbocycles. The van der Waals surface area contributed by atoms with Gasteiger partial charge in [-0.3, -0.25) is 9.71 Å². The summed E-state index contributed by atoms with van der Waals surface area (Å²) >= 11 is 0. The van der Waals surface area contributed by atoms with Crippen molar-refractivity contribution in [3.8, 4) is 5.75 Å². The molecule has 0 aliphatic rings. The Labute approximate surface area is 147 Å². The van der Waals surface area contributed by atoms with Crippen molar-refractivity contribution in [1.82, 2.24) is 4.98 Å². The van der Waals surface area contributed by atoms with Crippen molar-refractivity contribution in [2.75, 3.05) is 4.72 Å². The van der Waals surface area contributed by atoms with Crippen molar-refractivity contribution < 1.29 is 26.3 Å². The second kappa shape index (κ2) is 6.49. The number of fused-ring (bicyclic) bond motifs is 1. The van der Waals surface area contributed by atoms with Gasteiger partial charge in [-0.05, 0) is 30.7 Å². The monoisotopic (exact) mass is 382 g/mol. The van der Waals surface area contributed by atoms with Crippen LogP contribution in [0.1, 0.15) is 5.56 Å². The molecular formula is C17H13F3N2O3S. The summed E-state index contributed by atoms with van der Waals surface area (Å²) in [7, 11) is -4.32. The maximum atomic E-state index is 12.6. The van der Waals surface area contributed by atoms with E-state index in [0.29, 0.717) is 10.9 Å². The van der Waals surface area contributed by atoms with Crippen LogP contribution in [0.4, 0.5) is 18.9 Å². The average molecular weight is 382 g/mol. The Morgan fingerprint density at radius 1 is 1.08 bits per heavy atom. The topological polar surface area (TPSA) is 68.3 Å². The molecule has 0 unspecified atom stereocenters. The van der Waals surface area contributed by atoms with Crippen LogP contribution in [0.3, 0.4) is 0 Å². The number of sulfonamides is 1. The summed E-state index contributed by atoms with van der Waals surface area (Å²) < 4.78 is 69.3. The lowest BCUT2D eigenvalue weighted by Crippen LogP contribution is -2.21. The standard InChI is InChI=1S/C17H13F3N2O3S/c1-11-5-4-8-15(16(11)25-17(18,19)20)26(23,24)22-13-9-12-6-2-3-7-14(12)21-10-13/h2-10,22H,1H3. The minimum absolute atomic E-state index is 0.0434. The number of hydrogen-bond donors (Lipinski definition) is 1. The van der Waals surface area contributed by atoms with Gasteiger partial charge in [0, 0.05) is 5.39 Å². The summed E-state index contributed by atoms with van der Waals surface area (Å²) in [5.74, 6) is -0.763. The molecule has 5 nitrogen and oxygen atoms in total. The van der Waals surface area contributed by atoms with E-state index in [0.717, 1.165) is 6.07 Å². The summed E-state index contributed by atoms with van der Waals surface area (Å²) in [6.45, 7) is 1.33. The number of aromatic nitrogens is 1. The molecule has 1 aromatic heterocycles. The van der Waals surface area contributed by atoms with Crippen molar-refractivity contribution >= 4 is 26.6 Å². The van der Waals surface area contributed by atoms with Crippen LogP contribution in [0.5, 0.6) is 5.75 Å². The smallest absolute Gasteiger partial charge is 0.404 e. The molecule has 26 heavy (non-hydrogen) atoms. The number of nitrogens with zero attached hydrogens (tertiary/aromatic N) is 1. The third-order valence-corrected chi connectivity index (χ3v) is 4.93. The summed E-state index contributed by atoms with van der Waals surface area (Å²) in [6.07, 6.45) is -3.72. The van der Waals surface area contributed by atoms with Crippen LogP contribution in [-0.2, 0) is 10.0 Å². The third kappa shape index (κ3) is 3.88. The number of anilines is 1. The highest BCUT2D eigenvalue weighted by atomic mass is 32.2. The van der Waals surface area contributed by atoms with Gasteiger partial charge in [0.25, 0.3) is 10.0 Å². The Balaban J connectivity index is 2.01. The van der Waals surface area contributed by atoms with Crippen molar-refractivity contribution in [3.05, 3.63) is 60.3 Å². The SMILES string of the molecule is Cc1cccc(S(=O)(=O)Nc2cnc3ccccc3c2)c1OC(F)(F)F. The van der Waals surface area contributed by atoms with Gasteiger partial charge in [0.15, 0.2) is 5.75 Å². The highest BCUT2D eigenvalue weighted by Crippen LogP contribution is 2.33. The van der Waals surface area contributed by atoms with Gasteiger partial charge >= 0.3 is 6.36 Å². The van der Waals surface area contributed by atoms with Gasteiger partial charge in [0.2, 0.25) is 0 Å². The fourth-order valence-electron chi connectivity index (χ4n) is 2.42. The van der Waals surface area contributed by atoms with Gasteiger partial charge < -0.3 is 4.74 Å². The molecule has 3 rings (SSSR count). The molecule has 9 heteroatoms. The number of aryl methyl sites for hydroxylation is 1. The van der Waals surface area contributed by atoms with E-state index in [4.69, 9.17) is 0 Å². The van der Waals surface area contributed by atoms with Gasteiger partial charge in [0.05, 0.1) is 17.4 Å². The van der Waals surface area contributed by atoms with E-state index >= 15 is 0 Å². The number of para-hydroxylation sites is 2. The Morgan fingerprint density at radius 2 is 1.81 bits per heavy atom. The predicted molar refractivity (Wildman–Crippen MR) is 90.4 cm³/mol. The minimum atomic E-state index is -5.01. The first-order valence-corrected chi connectivity index (χ1v) is 8.87. The summed E-state index contributed by atoms with van der Waals surface area (Å²) in [4.78, 5) is 3.51. The zero-order valence-corrected chi connectivity index (χ0v) is 14.2. The molecule has 136 valence electrons. The highest BCUT2D eigenvalue weighted by molar-refractivity contribution is 7.92. The van der Waals surface area contributed by atoms with Gasteiger partial charge in [-0.25, -0.2) is 8.42 Å². The van der Waals surface area contributed by atoms with Crippen LogP contribution >= 0.6 is 0 Å². The van der Waals surface area contributed by atoms with Gasteiger partial charge in [-0.2, -0.15) is 0 Å². The van der Waals surface area contributed by atoms with Crippen LogP contribution in [0, 0.1) is 6.92 Å². The van der Waals surface area contributed by atoms with E-state index in [-0.39, 0.29) is 11.3 Å². The molecule has 0 amide bonds. The first kappa shape index (κ1) is 18.0. The first-order valence-electron chi connectivity index (χ1n) is 7.39. The number of nitrogens with one attached hydrogen (secondary N) is 1. The van der Waals surface area contributed by atoms with E-state index in [2.05, 4.69) is 14.4 Å². The van der Waals surface area contributed by atoms with E-state index in [9.17, 15) is 21.6 Å². The highest BCUT2D eigenvalue weighted by Gasteiger charge is 2.35. The maximum absolute atomic E-state index is 12.6. The quantitative estimate of drug-likeness (QED) is 0.733. The lowest BCUT2D eigenvalue weighted by molar-refractivity contribution is -0.275. The van der Waals surface area contributed by atoms with Crippen LogP contribution in [-0.4, -0.2) is 19.8 Å². The fourth-order valence-corrected chi connectivity index (χ4v) is 3.66. The molecule has 0 spiro atoms. The summed E-state index contributed by atoms with van der Waals surface area (Å²) in [6, 6.07) is 12.3. The number of rotatable bonds is 4. The molecule has 0 atom stereocenters. The number of ether oxygens (including phenoxy) is 1. The fraction of sp³-hybridized carbons (Fsp3) is 0.118. The van der Waals surface area contributed by atoms with Crippen LogP contribution < -0.4 is 9.46 Å². The van der Waals surface area contributed by atoms with E-state index < -0.39 is 27.0 Å². The molecule has 0 bridgehead atoms. The summed E-state index contributed by atoms with van der Waals surface area (Å²) in [5, 5.41) is 0.684. The molecule has 3 aromatic rings. The number of alkyl halides is 3. The number of benzene rings is 2. The van der Waals surface area contributed by atoms with E-state index in [1.807, 2.05) is 0 Å². The number of pyridine rings is 1. The first-order chi connectivity index (χ1) is 12.2. The maximum Gasteiger partial charge on any atom is 0.573 e. The van der Waals surface area contributed by atoms with Gasteiger partial charge in [-0.15, -0.1) is 13.2 Å². The zero-order valence-electron chi connectivity index (χ0n) is 13.4. The Morgan fingerprint density at radius 3 is 2.54 bits per heavy atom. The summed E-state index contributed by atoms with van der Waals surface area (Å²) in [5.41, 5.74) is 0.831. The molecular weight excluding hydrogens is 369 g/mol. The van der Waals surface area contributed by atoms with E-state index in [1.165, 1.54) is 25.3 Å². The van der Waals surface area contributed by atoms with Crippen LogP contribution in [0.15, 0.2) is 59.6 Å². The lowest BCUT2D eigenvalue weighted by Gasteiger charge is -2.16. The van der Waals surface area contributed by atoms with Crippen LogP contribution in [0.2, 0.25) is 0 Å². The molecule has 0 fully saturated rings. The Bertz CT molecular complexity index is 1070. The normalized spacial score (nSPS) is 12.2. The zero-order chi connectivity index (χ0) is 18.9. The minimum Gasteiger partial charge on any atom is -0.404 e. The van der Waals surface area contributed by atoms with Gasteiger partial charge in [0.1, 0.15) is 4.90 Å². The molecule has 0 saturated carbocycles. The van der Waals surface area contributed by atoms with Crippen molar-refractivity contribution in [2.24, 2.45) is 0 Å². The Hall–Kier alpha value is -2.81. The lowest BCUT2D eigenvalue weighted by atomic mass is 10.2. The van der Waals surface area contributed by atoms with Crippen molar-refractivity contribution in [3.63, 3.8) is 0 Å². The second-order valence-corrected chi connectivity index (χ2v) is 7.12. The second-order valence-electron chi connectivity index (χ2n) is 5.47. The molecule has 0 aliphatic heterocycles.